The van der Waals surface area contributed by atoms with Gasteiger partial charge in [-0.3, -0.25) is 0 Å². The zero-order valence-electron chi connectivity index (χ0n) is 34.5. The number of fused-ring (bicyclic) bond motifs is 4. The molecule has 0 N–H and O–H groups in total. The summed E-state index contributed by atoms with van der Waals surface area (Å²) in [6.07, 6.45) is 0. The molecule has 0 aliphatic heterocycles. The molecule has 1 aromatic heterocycles. The van der Waals surface area contributed by atoms with Gasteiger partial charge in [0.05, 0.1) is 23.7 Å². The number of aromatic nitrogens is 2. The van der Waals surface area contributed by atoms with Crippen LogP contribution < -0.4 is 0 Å². The number of nitrogens with zero attached hydrogens (tertiary/aromatic N) is 2. The third-order valence-corrected chi connectivity index (χ3v) is 8.63. The van der Waals surface area contributed by atoms with Crippen molar-refractivity contribution in [1.82, 2.24) is 9.97 Å². The van der Waals surface area contributed by atoms with Crippen molar-refractivity contribution in [2.75, 3.05) is 0 Å². The first-order valence-electron chi connectivity index (χ1n) is 20.1. The van der Waals surface area contributed by atoms with Crippen LogP contribution in [0.3, 0.4) is 0 Å². The van der Waals surface area contributed by atoms with Crippen molar-refractivity contribution in [2.24, 2.45) is 0 Å². The monoisotopic (exact) mass is 619 g/mol. The van der Waals surface area contributed by atoms with Crippen molar-refractivity contribution in [3.63, 3.8) is 0 Å². The maximum Gasteiger partial charge on any atom is 0.160 e. The fourth-order valence-electron chi connectivity index (χ4n) is 6.35. The summed E-state index contributed by atoms with van der Waals surface area (Å²) in [5.74, 6) is 0.295. The number of hydrogen-bond acceptors (Lipinski definition) is 2. The van der Waals surface area contributed by atoms with E-state index in [0.29, 0.717) is 17.1 Å². The Bertz CT molecular complexity index is 3080. The molecule has 0 unspecified atom stereocenters. The molecule has 0 aliphatic rings. The summed E-state index contributed by atoms with van der Waals surface area (Å²) in [5, 5.41) is 6.87. The van der Waals surface area contributed by atoms with E-state index in [1.165, 1.54) is 5.39 Å². The molecule has 9 rings (SSSR count). The highest BCUT2D eigenvalue weighted by atomic mass is 14.9. The van der Waals surface area contributed by atoms with Crippen LogP contribution in [0.5, 0.6) is 0 Å². The Hall–Kier alpha value is -6.38. The molecule has 0 atom stereocenters. The molecule has 0 spiro atoms. The topological polar surface area (TPSA) is 25.8 Å². The molecule has 2 nitrogen and oxygen atoms in total. The molecule has 0 saturated heterocycles. The smallest absolute Gasteiger partial charge is 0.160 e. The Balaban J connectivity index is 1.25. The van der Waals surface area contributed by atoms with Crippen molar-refractivity contribution >= 4 is 32.3 Å². The van der Waals surface area contributed by atoms with E-state index in [9.17, 15) is 1.37 Å². The quantitative estimate of drug-likeness (QED) is 0.141. The van der Waals surface area contributed by atoms with Gasteiger partial charge in [-0.05, 0) is 72.7 Å². The summed E-state index contributed by atoms with van der Waals surface area (Å²) in [6, 6.07) is 37.0. The fraction of sp³-hybridized carbons (Fsp3) is 0. The Kier molecular flexibility index (Phi) is 4.90. The fourth-order valence-corrected chi connectivity index (χ4v) is 6.35. The van der Waals surface area contributed by atoms with Crippen LogP contribution >= 0.6 is 0 Å². The summed E-state index contributed by atoms with van der Waals surface area (Å²) in [7, 11) is 0. The molecule has 224 valence electrons. The number of benzene rings is 8. The summed E-state index contributed by atoms with van der Waals surface area (Å²) < 4.78 is 77.5. The minimum absolute atomic E-state index is 0.118. The van der Waals surface area contributed by atoms with E-state index < -0.39 is 54.4 Å². The van der Waals surface area contributed by atoms with Crippen LogP contribution in [0.15, 0.2) is 182 Å². The first-order chi connectivity index (χ1) is 27.5. The average Bonchev–Trinajstić information content (AvgIpc) is 3.25. The van der Waals surface area contributed by atoms with Crippen molar-refractivity contribution in [3.05, 3.63) is 182 Å². The van der Waals surface area contributed by atoms with Gasteiger partial charge < -0.3 is 0 Å². The Labute approximate surface area is 292 Å². The Morgan fingerprint density at radius 3 is 1.83 bits per heavy atom. The number of hydrogen-bond donors (Lipinski definition) is 0. The molecule has 1 heterocycles. The van der Waals surface area contributed by atoms with Gasteiger partial charge in [0.15, 0.2) is 5.82 Å². The van der Waals surface area contributed by atoms with E-state index >= 15 is 0 Å². The molecule has 0 radical (unpaired) electrons. The largest absolute Gasteiger partial charge is 0.228 e. The summed E-state index contributed by atoms with van der Waals surface area (Å²) in [6.45, 7) is 0. The zero-order chi connectivity index (χ0) is 39.7. The van der Waals surface area contributed by atoms with Crippen LogP contribution in [0, 0.1) is 0 Å². The van der Waals surface area contributed by atoms with Gasteiger partial charge in [0.2, 0.25) is 0 Å². The van der Waals surface area contributed by atoms with Gasteiger partial charge in [-0.2, -0.15) is 0 Å². The van der Waals surface area contributed by atoms with E-state index in [-0.39, 0.29) is 22.4 Å². The third kappa shape index (κ3) is 5.01. The van der Waals surface area contributed by atoms with Crippen molar-refractivity contribution in [2.45, 2.75) is 0 Å². The third-order valence-electron chi connectivity index (χ3n) is 8.63. The van der Waals surface area contributed by atoms with Gasteiger partial charge in [-0.15, -0.1) is 0 Å². The van der Waals surface area contributed by atoms with E-state index in [4.69, 9.17) is 20.9 Å². The van der Waals surface area contributed by atoms with Crippen LogP contribution in [0.4, 0.5) is 0 Å². The van der Waals surface area contributed by atoms with Crippen LogP contribution in [0.25, 0.3) is 88.5 Å². The standard InChI is InChI=1S/C46H30N2/c1-3-12-31(13-4-1)36-18-11-19-38(28-36)44-30-43(47-46(48-44)35-15-5-2-6-16-35)33-22-24-34(25-23-33)45-40-21-10-8-17-37(40)29-42-39-20-9-7-14-32(39)26-27-41(42)45/h1-30H/i1D,3D,4D,11D,12D,13D,18D,19D,28D. The molecule has 0 amide bonds. The lowest BCUT2D eigenvalue weighted by molar-refractivity contribution is 1.18. The van der Waals surface area contributed by atoms with Gasteiger partial charge in [0, 0.05) is 16.7 Å². The van der Waals surface area contributed by atoms with E-state index in [0.717, 1.165) is 43.6 Å². The summed E-state index contributed by atoms with van der Waals surface area (Å²) in [5.41, 5.74) is 3.24. The van der Waals surface area contributed by atoms with Gasteiger partial charge in [0.1, 0.15) is 0 Å². The van der Waals surface area contributed by atoms with E-state index in [2.05, 4.69) is 60.7 Å². The molecule has 0 bridgehead atoms. The van der Waals surface area contributed by atoms with Gasteiger partial charge in [0.25, 0.3) is 0 Å². The van der Waals surface area contributed by atoms with Gasteiger partial charge in [-0.25, -0.2) is 9.97 Å². The first-order valence-corrected chi connectivity index (χ1v) is 15.6. The summed E-state index contributed by atoms with van der Waals surface area (Å²) in [4.78, 5) is 9.71. The predicted molar refractivity (Wildman–Crippen MR) is 202 cm³/mol. The maximum atomic E-state index is 9.32. The molecule has 9 aromatic rings. The van der Waals surface area contributed by atoms with Crippen molar-refractivity contribution < 1.29 is 12.3 Å². The van der Waals surface area contributed by atoms with Gasteiger partial charge >= 0.3 is 0 Å². The Morgan fingerprint density at radius 2 is 1.02 bits per heavy atom. The molecule has 8 aromatic carbocycles. The van der Waals surface area contributed by atoms with Crippen LogP contribution in [-0.4, -0.2) is 9.97 Å². The lowest BCUT2D eigenvalue weighted by Gasteiger charge is -2.15. The average molecular weight is 620 g/mol. The van der Waals surface area contributed by atoms with Crippen LogP contribution in [-0.2, 0) is 0 Å². The predicted octanol–water partition coefficient (Wildman–Crippen LogP) is 12.3. The normalized spacial score (nSPS) is 14.0. The van der Waals surface area contributed by atoms with Crippen molar-refractivity contribution in [1.29, 1.82) is 0 Å². The molecule has 0 fully saturated rings. The second kappa shape index (κ2) is 11.8. The SMILES string of the molecule is [2H]c1c([2H])c([2H])c(-c2c([2H])c([2H])c([2H])c(-c3cc(-c4ccc(-c5c6ccccc6cc6c5ccc5ccccc56)cc4)nc(-c4ccccc4)n3)c2[2H])c([2H])c1[2H]. The molecule has 48 heavy (non-hydrogen) atoms. The van der Waals surface area contributed by atoms with Gasteiger partial charge in [-0.1, -0.05) is 164 Å². The highest BCUT2D eigenvalue weighted by Crippen LogP contribution is 2.40. The zero-order valence-corrected chi connectivity index (χ0v) is 25.5. The van der Waals surface area contributed by atoms with Crippen LogP contribution in [0.2, 0.25) is 0 Å². The highest BCUT2D eigenvalue weighted by Gasteiger charge is 2.15. The molecule has 0 aliphatic carbocycles. The van der Waals surface area contributed by atoms with E-state index in [1.807, 2.05) is 60.7 Å². The summed E-state index contributed by atoms with van der Waals surface area (Å²) >= 11 is 0. The molecular formula is C46H30N2. The minimum Gasteiger partial charge on any atom is -0.228 e. The van der Waals surface area contributed by atoms with Crippen LogP contribution in [0.1, 0.15) is 12.3 Å². The maximum absolute atomic E-state index is 9.32. The minimum atomic E-state index is -0.628. The molecule has 2 heteroatoms. The molecular weight excluding hydrogens is 581 g/mol. The van der Waals surface area contributed by atoms with Crippen molar-refractivity contribution in [3.8, 4) is 56.2 Å². The van der Waals surface area contributed by atoms with E-state index in [1.54, 1.807) is 6.07 Å². The lowest BCUT2D eigenvalue weighted by Crippen LogP contribution is -1.96. The lowest BCUT2D eigenvalue weighted by atomic mass is 9.89. The second-order valence-electron chi connectivity index (χ2n) is 11.5. The first kappa shape index (κ1) is 20.0. The highest BCUT2D eigenvalue weighted by molar-refractivity contribution is 6.20. The second-order valence-corrected chi connectivity index (χ2v) is 11.5. The Morgan fingerprint density at radius 1 is 0.375 bits per heavy atom. The molecule has 0 saturated carbocycles. The number of rotatable bonds is 5.